The zero-order valence-corrected chi connectivity index (χ0v) is 11.9. The molecule has 90 valence electrons. The van der Waals surface area contributed by atoms with E-state index in [-0.39, 0.29) is 5.78 Å². The van der Waals surface area contributed by atoms with Crippen LogP contribution in [0.1, 0.15) is 15.2 Å². The van der Waals surface area contributed by atoms with Crippen LogP contribution in [0.5, 0.6) is 0 Å². The molecular weight excluding hydrogens is 308 g/mol. The molecule has 2 rings (SSSR count). The Hall–Kier alpha value is -1.45. The van der Waals surface area contributed by atoms with E-state index < -0.39 is 0 Å². The van der Waals surface area contributed by atoms with Crippen LogP contribution < -0.4 is 0 Å². The van der Waals surface area contributed by atoms with Crippen molar-refractivity contribution in [3.63, 3.8) is 0 Å². The number of rotatable bonds is 4. The molecule has 0 saturated carbocycles. The van der Waals surface area contributed by atoms with Crippen LogP contribution in [0.4, 0.5) is 0 Å². The van der Waals surface area contributed by atoms with Gasteiger partial charge in [-0.25, -0.2) is 0 Å². The lowest BCUT2D eigenvalue weighted by molar-refractivity contribution is 0.104. The highest BCUT2D eigenvalue weighted by atomic mass is 79.9. The third-order valence-corrected chi connectivity index (χ3v) is 3.66. The molecule has 1 aromatic heterocycles. The third kappa shape index (κ3) is 3.79. The van der Waals surface area contributed by atoms with Gasteiger partial charge >= 0.3 is 0 Å². The molecular formula is C15H11BrOS. The van der Waals surface area contributed by atoms with Crippen molar-refractivity contribution < 1.29 is 4.79 Å². The summed E-state index contributed by atoms with van der Waals surface area (Å²) in [6.45, 7) is 0. The molecule has 0 aliphatic carbocycles. The van der Waals surface area contributed by atoms with E-state index in [2.05, 4.69) is 15.9 Å². The van der Waals surface area contributed by atoms with Crippen molar-refractivity contribution in [1.82, 2.24) is 0 Å². The van der Waals surface area contributed by atoms with Crippen molar-refractivity contribution in [2.45, 2.75) is 0 Å². The average Bonchev–Trinajstić information content (AvgIpc) is 2.88. The van der Waals surface area contributed by atoms with Gasteiger partial charge in [-0.1, -0.05) is 34.1 Å². The lowest BCUT2D eigenvalue weighted by Gasteiger charge is -1.94. The standard InChI is InChI=1S/C15H11BrOS/c16-13-9-7-12(8-10-13)15(17)6-2-1-4-14-5-3-11-18-14/h1-11H. The summed E-state index contributed by atoms with van der Waals surface area (Å²) in [5.41, 5.74) is 0.693. The second-order valence-electron chi connectivity index (χ2n) is 3.60. The summed E-state index contributed by atoms with van der Waals surface area (Å²) >= 11 is 5.01. The van der Waals surface area contributed by atoms with Crippen LogP contribution in [-0.4, -0.2) is 5.78 Å². The Morgan fingerprint density at radius 3 is 2.56 bits per heavy atom. The van der Waals surface area contributed by atoms with Crippen molar-refractivity contribution in [2.24, 2.45) is 0 Å². The van der Waals surface area contributed by atoms with Crippen LogP contribution in [0, 0.1) is 0 Å². The highest BCUT2D eigenvalue weighted by molar-refractivity contribution is 9.10. The number of ketones is 1. The molecule has 0 amide bonds. The van der Waals surface area contributed by atoms with Crippen LogP contribution in [-0.2, 0) is 0 Å². The largest absolute Gasteiger partial charge is 0.289 e. The molecule has 0 N–H and O–H groups in total. The van der Waals surface area contributed by atoms with Gasteiger partial charge in [-0.3, -0.25) is 4.79 Å². The molecule has 0 saturated heterocycles. The van der Waals surface area contributed by atoms with Gasteiger partial charge in [0.2, 0.25) is 0 Å². The Bertz CT molecular complexity index is 565. The van der Waals surface area contributed by atoms with Gasteiger partial charge in [0.05, 0.1) is 0 Å². The smallest absolute Gasteiger partial charge is 0.185 e. The van der Waals surface area contributed by atoms with Crippen LogP contribution in [0.15, 0.2) is 64.5 Å². The van der Waals surface area contributed by atoms with E-state index in [4.69, 9.17) is 0 Å². The van der Waals surface area contributed by atoms with Crippen molar-refractivity contribution >= 4 is 39.1 Å². The SMILES string of the molecule is O=C(C=CC=Cc1cccs1)c1ccc(Br)cc1. The summed E-state index contributed by atoms with van der Waals surface area (Å²) in [4.78, 5) is 13.0. The van der Waals surface area contributed by atoms with Crippen LogP contribution in [0.3, 0.4) is 0 Å². The van der Waals surface area contributed by atoms with E-state index in [0.29, 0.717) is 5.56 Å². The Labute approximate surface area is 119 Å². The summed E-state index contributed by atoms with van der Waals surface area (Å²) in [7, 11) is 0. The van der Waals surface area contributed by atoms with Crippen LogP contribution in [0.25, 0.3) is 6.08 Å². The zero-order valence-electron chi connectivity index (χ0n) is 9.55. The monoisotopic (exact) mass is 318 g/mol. The number of allylic oxidation sites excluding steroid dienone is 3. The zero-order chi connectivity index (χ0) is 12.8. The van der Waals surface area contributed by atoms with E-state index in [9.17, 15) is 4.79 Å². The van der Waals surface area contributed by atoms with Crippen LogP contribution in [0.2, 0.25) is 0 Å². The van der Waals surface area contributed by atoms with E-state index >= 15 is 0 Å². The number of hydrogen-bond donors (Lipinski definition) is 0. The van der Waals surface area contributed by atoms with Crippen molar-refractivity contribution in [3.05, 3.63) is 74.9 Å². The number of carbonyl (C=O) groups is 1. The Morgan fingerprint density at radius 1 is 1.11 bits per heavy atom. The molecule has 0 radical (unpaired) electrons. The van der Waals surface area contributed by atoms with Gasteiger partial charge in [0.15, 0.2) is 5.78 Å². The van der Waals surface area contributed by atoms with Gasteiger partial charge in [0.25, 0.3) is 0 Å². The average molecular weight is 319 g/mol. The molecule has 0 aliphatic heterocycles. The predicted octanol–water partition coefficient (Wildman–Crippen LogP) is 4.96. The molecule has 0 spiro atoms. The maximum absolute atomic E-state index is 11.8. The summed E-state index contributed by atoms with van der Waals surface area (Å²) in [5.74, 6) is 0.0123. The normalized spacial score (nSPS) is 11.4. The molecule has 0 unspecified atom stereocenters. The molecule has 18 heavy (non-hydrogen) atoms. The predicted molar refractivity (Wildman–Crippen MR) is 81.0 cm³/mol. The number of halogens is 1. The fourth-order valence-corrected chi connectivity index (χ4v) is 2.28. The quantitative estimate of drug-likeness (QED) is 0.442. The van der Waals surface area contributed by atoms with Crippen molar-refractivity contribution in [1.29, 1.82) is 0 Å². The topological polar surface area (TPSA) is 17.1 Å². The summed E-state index contributed by atoms with van der Waals surface area (Å²) in [6.07, 6.45) is 7.20. The Morgan fingerprint density at radius 2 is 1.89 bits per heavy atom. The van der Waals surface area contributed by atoms with Crippen molar-refractivity contribution in [3.8, 4) is 0 Å². The lowest BCUT2D eigenvalue weighted by Crippen LogP contribution is -1.92. The fraction of sp³-hybridized carbons (Fsp3) is 0. The first kappa shape index (κ1) is 13.0. The summed E-state index contributed by atoms with van der Waals surface area (Å²) < 4.78 is 0.973. The molecule has 2 aromatic rings. The Balaban J connectivity index is 1.97. The summed E-state index contributed by atoms with van der Waals surface area (Å²) in [5, 5.41) is 2.02. The number of hydrogen-bond acceptors (Lipinski definition) is 2. The number of carbonyl (C=O) groups excluding carboxylic acids is 1. The van der Waals surface area contributed by atoms with E-state index in [0.717, 1.165) is 4.47 Å². The molecule has 0 aliphatic rings. The summed E-state index contributed by atoms with van der Waals surface area (Å²) in [6, 6.07) is 11.4. The molecule has 0 bridgehead atoms. The second-order valence-corrected chi connectivity index (χ2v) is 5.50. The van der Waals surface area contributed by atoms with E-state index in [1.807, 2.05) is 41.8 Å². The number of thiophene rings is 1. The first-order chi connectivity index (χ1) is 8.75. The van der Waals surface area contributed by atoms with Crippen molar-refractivity contribution in [2.75, 3.05) is 0 Å². The molecule has 1 heterocycles. The first-order valence-electron chi connectivity index (χ1n) is 5.44. The van der Waals surface area contributed by atoms with Gasteiger partial charge < -0.3 is 0 Å². The maximum Gasteiger partial charge on any atom is 0.185 e. The molecule has 1 aromatic carbocycles. The Kier molecular flexibility index (Phi) is 4.67. The third-order valence-electron chi connectivity index (χ3n) is 2.29. The second kappa shape index (κ2) is 6.47. The molecule has 0 atom stereocenters. The highest BCUT2D eigenvalue weighted by Gasteiger charge is 1.99. The van der Waals surface area contributed by atoms with Gasteiger partial charge in [-0.05, 0) is 47.9 Å². The molecule has 1 nitrogen and oxygen atoms in total. The first-order valence-corrected chi connectivity index (χ1v) is 7.11. The highest BCUT2D eigenvalue weighted by Crippen LogP contribution is 2.12. The lowest BCUT2D eigenvalue weighted by atomic mass is 10.1. The van der Waals surface area contributed by atoms with Crippen LogP contribution >= 0.6 is 27.3 Å². The maximum atomic E-state index is 11.8. The molecule has 0 fully saturated rings. The van der Waals surface area contributed by atoms with E-state index in [1.54, 1.807) is 35.6 Å². The van der Waals surface area contributed by atoms with Gasteiger partial charge in [0.1, 0.15) is 0 Å². The minimum absolute atomic E-state index is 0.0123. The van der Waals surface area contributed by atoms with E-state index in [1.165, 1.54) is 4.88 Å². The minimum Gasteiger partial charge on any atom is -0.289 e. The van der Waals surface area contributed by atoms with Gasteiger partial charge in [-0.15, -0.1) is 11.3 Å². The fourth-order valence-electron chi connectivity index (χ4n) is 1.39. The minimum atomic E-state index is 0.0123. The molecule has 3 heteroatoms. The number of benzene rings is 1. The van der Waals surface area contributed by atoms with Gasteiger partial charge in [-0.2, -0.15) is 0 Å². The van der Waals surface area contributed by atoms with Gasteiger partial charge in [0, 0.05) is 14.9 Å².